The number of nitrogens with zero attached hydrogens (tertiary/aromatic N) is 1. The van der Waals surface area contributed by atoms with Gasteiger partial charge in [-0.05, 0) is 18.2 Å². The number of halogens is 2. The highest BCUT2D eigenvalue weighted by Gasteiger charge is 2.09. The predicted octanol–water partition coefficient (Wildman–Crippen LogP) is 4.69. The molecule has 0 spiro atoms. The van der Waals surface area contributed by atoms with Crippen molar-refractivity contribution in [2.45, 2.75) is 6.54 Å². The van der Waals surface area contributed by atoms with Crippen LogP contribution in [0, 0.1) is 0 Å². The maximum Gasteiger partial charge on any atom is 0.0661 e. The van der Waals surface area contributed by atoms with Crippen LogP contribution >= 0.6 is 27.5 Å². The molecule has 2 N–H and O–H groups in total. The molecule has 19 heavy (non-hydrogen) atoms. The molecule has 0 radical (unpaired) electrons. The smallest absolute Gasteiger partial charge is 0.0661 e. The van der Waals surface area contributed by atoms with Gasteiger partial charge in [-0.15, -0.1) is 0 Å². The molecule has 0 unspecified atom stereocenters. The van der Waals surface area contributed by atoms with Crippen LogP contribution < -0.4 is 5.73 Å². The number of para-hydroxylation sites is 1. The third-order valence-corrected chi connectivity index (χ3v) is 4.27. The number of anilines is 1. The molecular formula is C15H12BrClN2. The van der Waals surface area contributed by atoms with E-state index in [9.17, 15) is 0 Å². The van der Waals surface area contributed by atoms with E-state index in [0.29, 0.717) is 6.54 Å². The molecule has 0 saturated heterocycles. The third-order valence-electron chi connectivity index (χ3n) is 3.22. The predicted molar refractivity (Wildman–Crippen MR) is 84.6 cm³/mol. The Kier molecular flexibility index (Phi) is 3.25. The summed E-state index contributed by atoms with van der Waals surface area (Å²) in [7, 11) is 0. The first kappa shape index (κ1) is 12.6. The van der Waals surface area contributed by atoms with Gasteiger partial charge in [-0.25, -0.2) is 0 Å². The Bertz CT molecular complexity index is 729. The Morgan fingerprint density at radius 2 is 1.89 bits per heavy atom. The largest absolute Gasteiger partial charge is 0.398 e. The van der Waals surface area contributed by atoms with Gasteiger partial charge in [0.25, 0.3) is 0 Å². The number of hydrogen-bond donors (Lipinski definition) is 1. The van der Waals surface area contributed by atoms with E-state index in [1.807, 2.05) is 42.6 Å². The molecule has 1 heterocycles. The summed E-state index contributed by atoms with van der Waals surface area (Å²) in [6, 6.07) is 13.9. The van der Waals surface area contributed by atoms with Gasteiger partial charge in [0.05, 0.1) is 11.6 Å². The molecule has 0 saturated carbocycles. The summed E-state index contributed by atoms with van der Waals surface area (Å²) >= 11 is 9.81. The summed E-state index contributed by atoms with van der Waals surface area (Å²) in [5.41, 5.74) is 9.01. The molecule has 0 aliphatic heterocycles. The van der Waals surface area contributed by atoms with E-state index in [0.717, 1.165) is 31.6 Å². The molecule has 2 aromatic carbocycles. The zero-order valence-electron chi connectivity index (χ0n) is 10.1. The quantitative estimate of drug-likeness (QED) is 0.677. The number of hydrogen-bond acceptors (Lipinski definition) is 1. The lowest BCUT2D eigenvalue weighted by Crippen LogP contribution is -2.02. The van der Waals surface area contributed by atoms with Crippen molar-refractivity contribution in [1.29, 1.82) is 0 Å². The van der Waals surface area contributed by atoms with E-state index in [4.69, 9.17) is 17.3 Å². The van der Waals surface area contributed by atoms with Crippen LogP contribution in [0.4, 0.5) is 5.69 Å². The molecular weight excluding hydrogens is 324 g/mol. The van der Waals surface area contributed by atoms with Crippen molar-refractivity contribution >= 4 is 44.1 Å². The first-order valence-corrected chi connectivity index (χ1v) is 7.10. The highest BCUT2D eigenvalue weighted by atomic mass is 79.9. The van der Waals surface area contributed by atoms with Gasteiger partial charge in [0.2, 0.25) is 0 Å². The lowest BCUT2D eigenvalue weighted by atomic mass is 10.2. The van der Waals surface area contributed by atoms with Crippen LogP contribution in [0.15, 0.2) is 53.1 Å². The van der Waals surface area contributed by atoms with Crippen LogP contribution in [0.25, 0.3) is 10.9 Å². The Hall–Kier alpha value is -1.45. The van der Waals surface area contributed by atoms with Crippen molar-refractivity contribution in [3.8, 4) is 0 Å². The van der Waals surface area contributed by atoms with Gasteiger partial charge in [-0.3, -0.25) is 0 Å². The fourth-order valence-electron chi connectivity index (χ4n) is 2.25. The average Bonchev–Trinajstić information content (AvgIpc) is 2.72. The Balaban J connectivity index is 2.11. The van der Waals surface area contributed by atoms with Crippen molar-refractivity contribution in [3.63, 3.8) is 0 Å². The van der Waals surface area contributed by atoms with E-state index in [1.165, 1.54) is 0 Å². The van der Waals surface area contributed by atoms with Gasteiger partial charge < -0.3 is 10.3 Å². The van der Waals surface area contributed by atoms with Crippen LogP contribution in [0.2, 0.25) is 5.02 Å². The molecule has 3 aromatic rings. The standard InChI is InChI=1S/C15H12BrClN2/c16-12-5-3-6-14(18)11(12)8-19-9-13(17)10-4-1-2-7-15(10)19/h1-7,9H,8,18H2. The van der Waals surface area contributed by atoms with Gasteiger partial charge in [0.1, 0.15) is 0 Å². The maximum atomic E-state index is 6.26. The molecule has 96 valence electrons. The van der Waals surface area contributed by atoms with E-state index in [-0.39, 0.29) is 0 Å². The van der Waals surface area contributed by atoms with Crippen molar-refractivity contribution in [1.82, 2.24) is 4.57 Å². The normalized spacial score (nSPS) is 11.1. The molecule has 4 heteroatoms. The van der Waals surface area contributed by atoms with E-state index < -0.39 is 0 Å². The third kappa shape index (κ3) is 2.24. The second-order valence-electron chi connectivity index (χ2n) is 4.43. The number of benzene rings is 2. The molecule has 0 amide bonds. The minimum absolute atomic E-state index is 0.695. The summed E-state index contributed by atoms with van der Waals surface area (Å²) in [4.78, 5) is 0. The highest BCUT2D eigenvalue weighted by Crippen LogP contribution is 2.29. The van der Waals surface area contributed by atoms with Crippen molar-refractivity contribution < 1.29 is 0 Å². The van der Waals surface area contributed by atoms with E-state index >= 15 is 0 Å². The zero-order valence-corrected chi connectivity index (χ0v) is 12.4. The zero-order chi connectivity index (χ0) is 13.4. The van der Waals surface area contributed by atoms with Gasteiger partial charge in [-0.2, -0.15) is 0 Å². The summed E-state index contributed by atoms with van der Waals surface area (Å²) in [6.45, 7) is 0.695. The van der Waals surface area contributed by atoms with Gasteiger partial charge >= 0.3 is 0 Å². The minimum Gasteiger partial charge on any atom is -0.398 e. The Labute approximate surface area is 124 Å². The summed E-state index contributed by atoms with van der Waals surface area (Å²) in [5.74, 6) is 0. The van der Waals surface area contributed by atoms with Crippen LogP contribution in [-0.2, 0) is 6.54 Å². The highest BCUT2D eigenvalue weighted by molar-refractivity contribution is 9.10. The molecule has 0 bridgehead atoms. The maximum absolute atomic E-state index is 6.26. The molecule has 3 rings (SSSR count). The number of fused-ring (bicyclic) bond motifs is 1. The van der Waals surface area contributed by atoms with Crippen molar-refractivity contribution in [3.05, 3.63) is 63.7 Å². The topological polar surface area (TPSA) is 30.9 Å². The molecule has 1 aromatic heterocycles. The SMILES string of the molecule is Nc1cccc(Br)c1Cn1cc(Cl)c2ccccc21. The molecule has 2 nitrogen and oxygen atoms in total. The Morgan fingerprint density at radius 1 is 1.11 bits per heavy atom. The molecule has 0 aliphatic rings. The second kappa shape index (κ2) is 4.91. The second-order valence-corrected chi connectivity index (χ2v) is 5.69. The van der Waals surface area contributed by atoms with Gasteiger partial charge in [0.15, 0.2) is 0 Å². The monoisotopic (exact) mass is 334 g/mol. The van der Waals surface area contributed by atoms with Crippen LogP contribution in [-0.4, -0.2) is 4.57 Å². The first-order valence-electron chi connectivity index (χ1n) is 5.93. The van der Waals surface area contributed by atoms with Crippen molar-refractivity contribution in [2.24, 2.45) is 0 Å². The van der Waals surface area contributed by atoms with Crippen LogP contribution in [0.1, 0.15) is 5.56 Å². The Morgan fingerprint density at radius 3 is 2.68 bits per heavy atom. The number of rotatable bonds is 2. The lowest BCUT2D eigenvalue weighted by Gasteiger charge is -2.10. The fourth-order valence-corrected chi connectivity index (χ4v) is 3.03. The first-order chi connectivity index (χ1) is 9.16. The molecule has 0 fully saturated rings. The average molecular weight is 336 g/mol. The minimum atomic E-state index is 0.695. The van der Waals surface area contributed by atoms with E-state index in [2.05, 4.69) is 26.6 Å². The van der Waals surface area contributed by atoms with Crippen molar-refractivity contribution in [2.75, 3.05) is 5.73 Å². The number of aromatic nitrogens is 1. The number of nitrogens with two attached hydrogens (primary N) is 1. The number of nitrogen functional groups attached to an aromatic ring is 1. The van der Waals surface area contributed by atoms with Gasteiger partial charge in [-0.1, -0.05) is 51.8 Å². The van der Waals surface area contributed by atoms with E-state index in [1.54, 1.807) is 0 Å². The summed E-state index contributed by atoms with van der Waals surface area (Å²) in [5, 5.41) is 1.83. The summed E-state index contributed by atoms with van der Waals surface area (Å²) in [6.07, 6.45) is 1.95. The molecule has 0 atom stereocenters. The van der Waals surface area contributed by atoms with Crippen LogP contribution in [0.3, 0.4) is 0 Å². The lowest BCUT2D eigenvalue weighted by molar-refractivity contribution is 0.835. The van der Waals surface area contributed by atoms with Crippen LogP contribution in [0.5, 0.6) is 0 Å². The molecule has 0 aliphatic carbocycles. The summed E-state index contributed by atoms with van der Waals surface area (Å²) < 4.78 is 3.13. The van der Waals surface area contributed by atoms with Gasteiger partial charge in [0, 0.05) is 32.8 Å². The fraction of sp³-hybridized carbons (Fsp3) is 0.0667.